The normalized spacial score (nSPS) is 14.4. The van der Waals surface area contributed by atoms with Gasteiger partial charge in [0, 0.05) is 6.07 Å². The molecule has 8 nitrogen and oxygen atoms in total. The zero-order chi connectivity index (χ0) is 20.5. The number of benzene rings is 1. The molecule has 29 heavy (non-hydrogen) atoms. The summed E-state index contributed by atoms with van der Waals surface area (Å²) in [5.74, 6) is -1.11. The SMILES string of the molecule is CC(C)[C@@H](C(=O)OCc1cc(-c2ccco2)on1)N1C(=O)c2ccccc2C1=O. The number of hydrogen-bond donors (Lipinski definition) is 0. The number of ether oxygens (including phenoxy) is 1. The zero-order valence-electron chi connectivity index (χ0n) is 15.8. The van der Waals surface area contributed by atoms with Gasteiger partial charge in [-0.25, -0.2) is 4.79 Å². The number of imide groups is 1. The molecule has 148 valence electrons. The topological polar surface area (TPSA) is 103 Å². The minimum Gasteiger partial charge on any atom is -0.461 e. The summed E-state index contributed by atoms with van der Waals surface area (Å²) in [7, 11) is 0. The van der Waals surface area contributed by atoms with Crippen LogP contribution in [0.4, 0.5) is 0 Å². The molecule has 0 radical (unpaired) electrons. The van der Waals surface area contributed by atoms with Gasteiger partial charge in [-0.15, -0.1) is 0 Å². The maximum atomic E-state index is 12.8. The molecule has 1 aliphatic rings. The number of hydrogen-bond acceptors (Lipinski definition) is 7. The van der Waals surface area contributed by atoms with Crippen molar-refractivity contribution in [2.24, 2.45) is 5.92 Å². The number of carbonyl (C=O) groups is 3. The van der Waals surface area contributed by atoms with Crippen molar-refractivity contribution in [2.75, 3.05) is 0 Å². The third-order valence-electron chi connectivity index (χ3n) is 4.66. The molecule has 2 amide bonds. The second-order valence-electron chi connectivity index (χ2n) is 6.98. The molecule has 1 aliphatic heterocycles. The van der Waals surface area contributed by atoms with Crippen LogP contribution in [0.5, 0.6) is 0 Å². The van der Waals surface area contributed by atoms with Crippen LogP contribution in [-0.4, -0.2) is 33.9 Å². The van der Waals surface area contributed by atoms with E-state index in [1.165, 1.54) is 6.26 Å². The fourth-order valence-corrected chi connectivity index (χ4v) is 3.28. The van der Waals surface area contributed by atoms with Gasteiger partial charge in [0.25, 0.3) is 11.8 Å². The van der Waals surface area contributed by atoms with E-state index in [0.717, 1.165) is 4.90 Å². The summed E-state index contributed by atoms with van der Waals surface area (Å²) in [6, 6.07) is 10.5. The molecule has 4 rings (SSSR count). The number of aromatic nitrogens is 1. The van der Waals surface area contributed by atoms with E-state index >= 15 is 0 Å². The lowest BCUT2D eigenvalue weighted by molar-refractivity contribution is -0.151. The number of carbonyl (C=O) groups excluding carboxylic acids is 3. The lowest BCUT2D eigenvalue weighted by atomic mass is 10.0. The van der Waals surface area contributed by atoms with Gasteiger partial charge in [-0.1, -0.05) is 31.1 Å². The highest BCUT2D eigenvalue weighted by molar-refractivity contribution is 6.22. The Morgan fingerprint density at radius 1 is 1.07 bits per heavy atom. The van der Waals surface area contributed by atoms with Crippen LogP contribution in [0.3, 0.4) is 0 Å². The summed E-state index contributed by atoms with van der Waals surface area (Å²) in [6.07, 6.45) is 1.51. The number of nitrogens with zero attached hydrogens (tertiary/aromatic N) is 2. The molecule has 0 saturated heterocycles. The van der Waals surface area contributed by atoms with Gasteiger partial charge in [-0.2, -0.15) is 0 Å². The molecule has 0 N–H and O–H groups in total. The van der Waals surface area contributed by atoms with Crippen molar-refractivity contribution in [1.29, 1.82) is 0 Å². The van der Waals surface area contributed by atoms with Crippen molar-refractivity contribution in [3.8, 4) is 11.5 Å². The van der Waals surface area contributed by atoms with Crippen LogP contribution in [-0.2, 0) is 16.1 Å². The molecular weight excluding hydrogens is 376 g/mol. The monoisotopic (exact) mass is 394 g/mol. The number of furan rings is 1. The van der Waals surface area contributed by atoms with Crippen LogP contribution >= 0.6 is 0 Å². The van der Waals surface area contributed by atoms with Gasteiger partial charge in [-0.3, -0.25) is 14.5 Å². The molecular formula is C21H18N2O6. The molecule has 1 atom stereocenters. The minimum atomic E-state index is -1.04. The van der Waals surface area contributed by atoms with E-state index in [4.69, 9.17) is 13.7 Å². The third kappa shape index (κ3) is 3.33. The third-order valence-corrected chi connectivity index (χ3v) is 4.66. The average molecular weight is 394 g/mol. The van der Waals surface area contributed by atoms with E-state index in [1.807, 2.05) is 0 Å². The van der Waals surface area contributed by atoms with Crippen molar-refractivity contribution in [3.05, 3.63) is 65.5 Å². The highest BCUT2D eigenvalue weighted by atomic mass is 16.5. The molecule has 0 bridgehead atoms. The van der Waals surface area contributed by atoms with Gasteiger partial charge in [0.15, 0.2) is 5.76 Å². The van der Waals surface area contributed by atoms with Crippen molar-refractivity contribution < 1.29 is 28.1 Å². The van der Waals surface area contributed by atoms with Crippen LogP contribution in [0.15, 0.2) is 57.7 Å². The Bertz CT molecular complexity index is 1030. The summed E-state index contributed by atoms with van der Waals surface area (Å²) in [5, 5.41) is 3.85. The van der Waals surface area contributed by atoms with Gasteiger partial charge >= 0.3 is 5.97 Å². The Hall–Kier alpha value is -3.68. The van der Waals surface area contributed by atoms with E-state index < -0.39 is 23.8 Å². The summed E-state index contributed by atoms with van der Waals surface area (Å²) in [5.41, 5.74) is 0.959. The van der Waals surface area contributed by atoms with E-state index in [0.29, 0.717) is 17.2 Å². The Morgan fingerprint density at radius 2 is 1.76 bits per heavy atom. The molecule has 2 aromatic heterocycles. The predicted octanol–water partition coefficient (Wildman–Crippen LogP) is 3.30. The molecule has 1 aromatic carbocycles. The number of rotatable bonds is 6. The van der Waals surface area contributed by atoms with Gasteiger partial charge in [0.2, 0.25) is 5.76 Å². The Morgan fingerprint density at radius 3 is 2.34 bits per heavy atom. The first-order valence-corrected chi connectivity index (χ1v) is 9.10. The number of fused-ring (bicyclic) bond motifs is 1. The minimum absolute atomic E-state index is 0.157. The predicted molar refractivity (Wildman–Crippen MR) is 99.6 cm³/mol. The molecule has 3 aromatic rings. The van der Waals surface area contributed by atoms with Crippen LogP contribution in [0.2, 0.25) is 0 Å². The highest BCUT2D eigenvalue weighted by Gasteiger charge is 2.44. The number of amides is 2. The summed E-state index contributed by atoms with van der Waals surface area (Å²) in [4.78, 5) is 39.2. The van der Waals surface area contributed by atoms with Crippen molar-refractivity contribution >= 4 is 17.8 Å². The fraction of sp³-hybridized carbons (Fsp3) is 0.238. The van der Waals surface area contributed by atoms with Gasteiger partial charge in [0.05, 0.1) is 17.4 Å². The first-order valence-electron chi connectivity index (χ1n) is 9.10. The van der Waals surface area contributed by atoms with Crippen LogP contribution in [0, 0.1) is 5.92 Å². The average Bonchev–Trinajstić information content (AvgIpc) is 3.44. The largest absolute Gasteiger partial charge is 0.461 e. The maximum absolute atomic E-state index is 12.8. The van der Waals surface area contributed by atoms with E-state index in [9.17, 15) is 14.4 Å². The summed E-state index contributed by atoms with van der Waals surface area (Å²) >= 11 is 0. The first kappa shape index (κ1) is 18.7. The van der Waals surface area contributed by atoms with E-state index in [1.54, 1.807) is 56.3 Å². The van der Waals surface area contributed by atoms with E-state index in [2.05, 4.69) is 5.16 Å². The fourth-order valence-electron chi connectivity index (χ4n) is 3.28. The highest BCUT2D eigenvalue weighted by Crippen LogP contribution is 2.28. The Labute approximate surface area is 166 Å². The summed E-state index contributed by atoms with van der Waals surface area (Å²) < 4.78 is 15.8. The summed E-state index contributed by atoms with van der Waals surface area (Å²) in [6.45, 7) is 3.34. The van der Waals surface area contributed by atoms with Crippen molar-refractivity contribution in [1.82, 2.24) is 10.1 Å². The quantitative estimate of drug-likeness (QED) is 0.467. The van der Waals surface area contributed by atoms with Gasteiger partial charge < -0.3 is 13.7 Å². The Balaban J connectivity index is 1.49. The zero-order valence-corrected chi connectivity index (χ0v) is 15.8. The van der Waals surface area contributed by atoms with Crippen molar-refractivity contribution in [3.63, 3.8) is 0 Å². The molecule has 3 heterocycles. The van der Waals surface area contributed by atoms with Crippen molar-refractivity contribution in [2.45, 2.75) is 26.5 Å². The van der Waals surface area contributed by atoms with Crippen LogP contribution in [0.25, 0.3) is 11.5 Å². The molecule has 0 saturated carbocycles. The smallest absolute Gasteiger partial charge is 0.330 e. The molecule has 0 unspecified atom stereocenters. The maximum Gasteiger partial charge on any atom is 0.330 e. The lowest BCUT2D eigenvalue weighted by Crippen LogP contribution is -2.48. The standard InChI is InChI=1S/C21H18N2O6/c1-12(2)18(23-19(24)14-6-3-4-7-15(14)20(23)25)21(26)28-11-13-10-17(29-22-13)16-8-5-9-27-16/h3-10,12,18H,11H2,1-2H3/t18-/m0/s1. The van der Waals surface area contributed by atoms with Gasteiger partial charge in [-0.05, 0) is 30.2 Å². The molecule has 8 heteroatoms. The molecule has 0 fully saturated rings. The first-order chi connectivity index (χ1) is 14.0. The van der Waals surface area contributed by atoms with E-state index in [-0.39, 0.29) is 23.7 Å². The second kappa shape index (κ2) is 7.38. The molecule has 0 aliphatic carbocycles. The lowest BCUT2D eigenvalue weighted by Gasteiger charge is -2.27. The number of esters is 1. The van der Waals surface area contributed by atoms with Crippen LogP contribution < -0.4 is 0 Å². The second-order valence-corrected chi connectivity index (χ2v) is 6.98. The van der Waals surface area contributed by atoms with Crippen LogP contribution in [0.1, 0.15) is 40.3 Å². The Kier molecular flexibility index (Phi) is 4.75. The van der Waals surface area contributed by atoms with Gasteiger partial charge in [0.1, 0.15) is 18.3 Å². The molecule has 0 spiro atoms.